The molecule has 0 heterocycles. The highest BCUT2D eigenvalue weighted by molar-refractivity contribution is 5.75. The van der Waals surface area contributed by atoms with Crippen LogP contribution in [-0.4, -0.2) is 25.2 Å². The quantitative estimate of drug-likeness (QED) is 0.793. The van der Waals surface area contributed by atoms with Crippen molar-refractivity contribution in [2.45, 2.75) is 13.0 Å². The molecule has 0 aliphatic rings. The van der Waals surface area contributed by atoms with Crippen LogP contribution in [0.5, 0.6) is 5.75 Å². The van der Waals surface area contributed by atoms with Gasteiger partial charge >= 0.3 is 5.97 Å². The third kappa shape index (κ3) is 3.99. The van der Waals surface area contributed by atoms with E-state index in [4.69, 9.17) is 10.5 Å². The summed E-state index contributed by atoms with van der Waals surface area (Å²) < 4.78 is 35.4. The third-order valence-corrected chi connectivity index (χ3v) is 1.90. The molecule has 0 radical (unpaired) electrons. The lowest BCUT2D eigenvalue weighted by atomic mass is 10.3. The van der Waals surface area contributed by atoms with E-state index >= 15 is 0 Å². The van der Waals surface area contributed by atoms with Crippen LogP contribution in [0.25, 0.3) is 0 Å². The first-order valence-corrected chi connectivity index (χ1v) is 5.04. The number of nitrogens with two attached hydrogens (primary N) is 1. The number of halogens is 2. The topological polar surface area (TPSA) is 61.5 Å². The molecule has 17 heavy (non-hydrogen) atoms. The maximum Gasteiger partial charge on any atom is 0.326 e. The summed E-state index contributed by atoms with van der Waals surface area (Å²) in [7, 11) is 0. The molecule has 0 aliphatic heterocycles. The minimum atomic E-state index is -1.03. The first kappa shape index (κ1) is 13.4. The fraction of sp³-hybridized carbons (Fsp3) is 0.364. The predicted octanol–water partition coefficient (Wildman–Crippen LogP) is 1.23. The highest BCUT2D eigenvalue weighted by Crippen LogP contribution is 2.17. The Morgan fingerprint density at radius 2 is 2.18 bits per heavy atom. The van der Waals surface area contributed by atoms with Crippen molar-refractivity contribution < 1.29 is 23.0 Å². The Morgan fingerprint density at radius 1 is 1.47 bits per heavy atom. The van der Waals surface area contributed by atoms with Crippen LogP contribution < -0.4 is 10.5 Å². The summed E-state index contributed by atoms with van der Waals surface area (Å²) in [4.78, 5) is 11.1. The number of esters is 1. The molecule has 0 aliphatic carbocycles. The summed E-state index contributed by atoms with van der Waals surface area (Å²) in [6.07, 6.45) is 0. The molecule has 1 rings (SSSR count). The normalized spacial score (nSPS) is 12.0. The smallest absolute Gasteiger partial charge is 0.326 e. The van der Waals surface area contributed by atoms with Gasteiger partial charge in [-0.2, -0.15) is 0 Å². The molecule has 0 amide bonds. The number of carbonyl (C=O) groups is 1. The highest BCUT2D eigenvalue weighted by atomic mass is 19.1. The van der Waals surface area contributed by atoms with Crippen LogP contribution in [0.1, 0.15) is 6.92 Å². The fourth-order valence-electron chi connectivity index (χ4n) is 1.08. The summed E-state index contributed by atoms with van der Waals surface area (Å²) >= 11 is 0. The number of hydrogen-bond acceptors (Lipinski definition) is 4. The van der Waals surface area contributed by atoms with Crippen molar-refractivity contribution in [3.8, 4) is 5.75 Å². The SMILES string of the molecule is CCOC(=O)C(N)COc1cc(F)ccc1F. The fourth-order valence-corrected chi connectivity index (χ4v) is 1.08. The molecule has 0 fully saturated rings. The lowest BCUT2D eigenvalue weighted by molar-refractivity contribution is -0.145. The minimum absolute atomic E-state index is 0.195. The van der Waals surface area contributed by atoms with Crippen LogP contribution in [-0.2, 0) is 9.53 Å². The van der Waals surface area contributed by atoms with Crippen molar-refractivity contribution >= 4 is 5.97 Å². The molecular weight excluding hydrogens is 232 g/mol. The van der Waals surface area contributed by atoms with Gasteiger partial charge in [0.25, 0.3) is 0 Å². The van der Waals surface area contributed by atoms with E-state index in [1.807, 2.05) is 0 Å². The van der Waals surface area contributed by atoms with Gasteiger partial charge in [-0.3, -0.25) is 4.79 Å². The van der Waals surface area contributed by atoms with Gasteiger partial charge in [0.15, 0.2) is 11.6 Å². The van der Waals surface area contributed by atoms with Gasteiger partial charge in [0.1, 0.15) is 18.5 Å². The van der Waals surface area contributed by atoms with Crippen molar-refractivity contribution in [1.82, 2.24) is 0 Å². The average molecular weight is 245 g/mol. The number of carbonyl (C=O) groups excluding carboxylic acids is 1. The zero-order valence-corrected chi connectivity index (χ0v) is 9.28. The maximum absolute atomic E-state index is 13.1. The van der Waals surface area contributed by atoms with Crippen LogP contribution in [0, 0.1) is 11.6 Å². The Bertz CT molecular complexity index is 398. The number of benzene rings is 1. The Morgan fingerprint density at radius 3 is 2.82 bits per heavy atom. The van der Waals surface area contributed by atoms with Gasteiger partial charge in [0.05, 0.1) is 6.61 Å². The third-order valence-electron chi connectivity index (χ3n) is 1.90. The molecule has 1 aromatic rings. The second kappa shape index (κ2) is 6.15. The molecule has 94 valence electrons. The lowest BCUT2D eigenvalue weighted by Crippen LogP contribution is -2.37. The van der Waals surface area contributed by atoms with Crippen molar-refractivity contribution in [2.75, 3.05) is 13.2 Å². The van der Waals surface area contributed by atoms with E-state index < -0.39 is 23.6 Å². The van der Waals surface area contributed by atoms with Gasteiger partial charge in [-0.15, -0.1) is 0 Å². The average Bonchev–Trinajstić information content (AvgIpc) is 2.30. The van der Waals surface area contributed by atoms with Crippen LogP contribution in [0.3, 0.4) is 0 Å². The Balaban J connectivity index is 2.55. The van der Waals surface area contributed by atoms with E-state index in [9.17, 15) is 13.6 Å². The molecule has 1 unspecified atom stereocenters. The largest absolute Gasteiger partial charge is 0.488 e. The predicted molar refractivity (Wildman–Crippen MR) is 56.5 cm³/mol. The monoisotopic (exact) mass is 245 g/mol. The number of hydrogen-bond donors (Lipinski definition) is 1. The van der Waals surface area contributed by atoms with Crippen LogP contribution >= 0.6 is 0 Å². The van der Waals surface area contributed by atoms with E-state index in [0.717, 1.165) is 18.2 Å². The number of ether oxygens (including phenoxy) is 2. The highest BCUT2D eigenvalue weighted by Gasteiger charge is 2.16. The zero-order valence-electron chi connectivity index (χ0n) is 9.28. The molecular formula is C11H13F2NO3. The van der Waals surface area contributed by atoms with Gasteiger partial charge in [-0.25, -0.2) is 8.78 Å². The molecule has 4 nitrogen and oxygen atoms in total. The van der Waals surface area contributed by atoms with Gasteiger partial charge in [-0.05, 0) is 19.1 Å². The van der Waals surface area contributed by atoms with Crippen LogP contribution in [0.15, 0.2) is 18.2 Å². The van der Waals surface area contributed by atoms with E-state index in [1.54, 1.807) is 6.92 Å². The molecule has 6 heteroatoms. The van der Waals surface area contributed by atoms with Crippen molar-refractivity contribution in [1.29, 1.82) is 0 Å². The number of rotatable bonds is 5. The van der Waals surface area contributed by atoms with Crippen LogP contribution in [0.2, 0.25) is 0 Å². The Kier molecular flexibility index (Phi) is 4.84. The van der Waals surface area contributed by atoms with E-state index in [1.165, 1.54) is 0 Å². The van der Waals surface area contributed by atoms with Crippen molar-refractivity contribution in [3.05, 3.63) is 29.8 Å². The van der Waals surface area contributed by atoms with Crippen molar-refractivity contribution in [2.24, 2.45) is 5.73 Å². The molecule has 2 N–H and O–H groups in total. The van der Waals surface area contributed by atoms with E-state index in [2.05, 4.69) is 4.74 Å². The van der Waals surface area contributed by atoms with Crippen LogP contribution in [0.4, 0.5) is 8.78 Å². The molecule has 1 atom stereocenters. The molecule has 1 aromatic carbocycles. The Hall–Kier alpha value is -1.69. The zero-order chi connectivity index (χ0) is 12.8. The summed E-state index contributed by atoms with van der Waals surface area (Å²) in [5.74, 6) is -2.29. The lowest BCUT2D eigenvalue weighted by Gasteiger charge is -2.12. The first-order chi connectivity index (χ1) is 8.04. The van der Waals surface area contributed by atoms with E-state index in [-0.39, 0.29) is 19.0 Å². The second-order valence-corrected chi connectivity index (χ2v) is 3.24. The van der Waals surface area contributed by atoms with Gasteiger partial charge < -0.3 is 15.2 Å². The molecule has 0 spiro atoms. The summed E-state index contributed by atoms with van der Waals surface area (Å²) in [5.41, 5.74) is 5.42. The summed E-state index contributed by atoms with van der Waals surface area (Å²) in [6, 6.07) is 1.75. The maximum atomic E-state index is 13.1. The standard InChI is InChI=1S/C11H13F2NO3/c1-2-16-11(15)9(14)6-17-10-5-7(12)3-4-8(10)13/h3-5,9H,2,6,14H2,1H3. The second-order valence-electron chi connectivity index (χ2n) is 3.24. The van der Waals surface area contributed by atoms with Crippen molar-refractivity contribution in [3.63, 3.8) is 0 Å². The van der Waals surface area contributed by atoms with Gasteiger partial charge in [-0.1, -0.05) is 0 Å². The summed E-state index contributed by atoms with van der Waals surface area (Å²) in [5, 5.41) is 0. The first-order valence-electron chi connectivity index (χ1n) is 5.04. The Labute approximate surface area is 97.3 Å². The minimum Gasteiger partial charge on any atom is -0.488 e. The summed E-state index contributed by atoms with van der Waals surface area (Å²) in [6.45, 7) is 1.55. The molecule has 0 saturated heterocycles. The molecule has 0 aromatic heterocycles. The van der Waals surface area contributed by atoms with E-state index in [0.29, 0.717) is 0 Å². The van der Waals surface area contributed by atoms with Gasteiger partial charge in [0, 0.05) is 6.07 Å². The van der Waals surface area contributed by atoms with Gasteiger partial charge in [0.2, 0.25) is 0 Å². The molecule has 0 saturated carbocycles. The molecule has 0 bridgehead atoms.